The highest BCUT2D eigenvalue weighted by Gasteiger charge is 2.36. The SMILES string of the molecule is CCCCC[C@@H]1O[C@H]1CCCCCCCCCCC(=O)O. The Hall–Kier alpha value is -0.570. The van der Waals surface area contributed by atoms with E-state index < -0.39 is 5.97 Å². The topological polar surface area (TPSA) is 49.8 Å². The number of carbonyl (C=O) groups is 1. The van der Waals surface area contributed by atoms with Crippen molar-refractivity contribution in [3.63, 3.8) is 0 Å². The van der Waals surface area contributed by atoms with Gasteiger partial charge in [-0.05, 0) is 19.3 Å². The molecular weight excluding hydrogens is 264 g/mol. The molecule has 1 fully saturated rings. The summed E-state index contributed by atoms with van der Waals surface area (Å²) in [5, 5.41) is 8.53. The van der Waals surface area contributed by atoms with Crippen molar-refractivity contribution in [3.8, 4) is 0 Å². The maximum atomic E-state index is 10.4. The number of rotatable bonds is 15. The van der Waals surface area contributed by atoms with Crippen molar-refractivity contribution in [1.29, 1.82) is 0 Å². The Morgan fingerprint density at radius 2 is 1.29 bits per heavy atom. The van der Waals surface area contributed by atoms with E-state index in [0.29, 0.717) is 18.6 Å². The number of epoxide rings is 1. The van der Waals surface area contributed by atoms with Crippen molar-refractivity contribution in [2.45, 2.75) is 109 Å². The van der Waals surface area contributed by atoms with Gasteiger partial charge in [-0.2, -0.15) is 0 Å². The van der Waals surface area contributed by atoms with Crippen LogP contribution in [0.4, 0.5) is 0 Å². The van der Waals surface area contributed by atoms with Crippen molar-refractivity contribution in [3.05, 3.63) is 0 Å². The van der Waals surface area contributed by atoms with Crippen molar-refractivity contribution < 1.29 is 14.6 Å². The molecule has 1 N–H and O–H groups in total. The van der Waals surface area contributed by atoms with Crippen LogP contribution in [-0.2, 0) is 9.53 Å². The van der Waals surface area contributed by atoms with Gasteiger partial charge in [0, 0.05) is 6.42 Å². The minimum atomic E-state index is -0.662. The lowest BCUT2D eigenvalue weighted by Crippen LogP contribution is -1.94. The summed E-state index contributed by atoms with van der Waals surface area (Å²) in [6.07, 6.45) is 17.7. The summed E-state index contributed by atoms with van der Waals surface area (Å²) in [4.78, 5) is 10.4. The largest absolute Gasteiger partial charge is 0.481 e. The third-order valence-electron chi connectivity index (χ3n) is 4.41. The lowest BCUT2D eigenvalue weighted by atomic mass is 10.0. The fourth-order valence-electron chi connectivity index (χ4n) is 2.96. The van der Waals surface area contributed by atoms with Crippen molar-refractivity contribution in [2.75, 3.05) is 0 Å². The summed E-state index contributed by atoms with van der Waals surface area (Å²) in [6.45, 7) is 2.25. The monoisotopic (exact) mass is 298 g/mol. The number of aliphatic carboxylic acids is 1. The number of hydrogen-bond acceptors (Lipinski definition) is 2. The van der Waals surface area contributed by atoms with Crippen LogP contribution in [0.3, 0.4) is 0 Å². The molecule has 0 saturated carbocycles. The molecule has 0 aliphatic carbocycles. The van der Waals surface area contributed by atoms with Crippen LogP contribution in [0.5, 0.6) is 0 Å². The molecule has 1 saturated heterocycles. The summed E-state index contributed by atoms with van der Waals surface area (Å²) >= 11 is 0. The van der Waals surface area contributed by atoms with E-state index in [9.17, 15) is 4.79 Å². The van der Waals surface area contributed by atoms with Gasteiger partial charge < -0.3 is 9.84 Å². The van der Waals surface area contributed by atoms with E-state index >= 15 is 0 Å². The average molecular weight is 298 g/mol. The lowest BCUT2D eigenvalue weighted by molar-refractivity contribution is -0.137. The Balaban J connectivity index is 1.73. The molecule has 1 aliphatic rings. The van der Waals surface area contributed by atoms with Gasteiger partial charge in [-0.3, -0.25) is 4.79 Å². The highest BCUT2D eigenvalue weighted by atomic mass is 16.6. The third kappa shape index (κ3) is 10.8. The van der Waals surface area contributed by atoms with E-state index in [1.807, 2.05) is 0 Å². The second kappa shape index (κ2) is 12.0. The Labute approximate surface area is 130 Å². The van der Waals surface area contributed by atoms with Gasteiger partial charge >= 0.3 is 5.97 Å². The third-order valence-corrected chi connectivity index (χ3v) is 4.41. The van der Waals surface area contributed by atoms with Crippen molar-refractivity contribution >= 4 is 5.97 Å². The van der Waals surface area contributed by atoms with E-state index in [1.54, 1.807) is 0 Å². The minimum Gasteiger partial charge on any atom is -0.481 e. The fraction of sp³-hybridized carbons (Fsp3) is 0.944. The Kier molecular flexibility index (Phi) is 10.6. The highest BCUT2D eigenvalue weighted by molar-refractivity contribution is 5.66. The maximum Gasteiger partial charge on any atom is 0.303 e. The zero-order valence-corrected chi connectivity index (χ0v) is 13.8. The molecule has 0 bridgehead atoms. The van der Waals surface area contributed by atoms with Crippen LogP contribution in [0, 0.1) is 0 Å². The van der Waals surface area contributed by atoms with E-state index in [0.717, 1.165) is 12.8 Å². The first-order valence-electron chi connectivity index (χ1n) is 9.11. The van der Waals surface area contributed by atoms with Crippen molar-refractivity contribution in [1.82, 2.24) is 0 Å². The molecule has 0 radical (unpaired) electrons. The molecule has 0 unspecified atom stereocenters. The second-order valence-electron chi connectivity index (χ2n) is 6.47. The lowest BCUT2D eigenvalue weighted by Gasteiger charge is -2.01. The van der Waals surface area contributed by atoms with E-state index in [1.165, 1.54) is 70.6 Å². The summed E-state index contributed by atoms with van der Waals surface area (Å²) in [6, 6.07) is 0. The van der Waals surface area contributed by atoms with Crippen LogP contribution in [0.1, 0.15) is 96.8 Å². The minimum absolute atomic E-state index is 0.334. The Bertz CT molecular complexity index is 265. The smallest absolute Gasteiger partial charge is 0.303 e. The van der Waals surface area contributed by atoms with Gasteiger partial charge in [0.25, 0.3) is 0 Å². The molecule has 0 amide bonds. The zero-order chi connectivity index (χ0) is 15.3. The van der Waals surface area contributed by atoms with Gasteiger partial charge in [0.15, 0.2) is 0 Å². The van der Waals surface area contributed by atoms with Crippen LogP contribution in [-0.4, -0.2) is 23.3 Å². The molecule has 0 aromatic carbocycles. The average Bonchev–Trinajstić information content (AvgIpc) is 3.19. The molecule has 3 heteroatoms. The summed E-state index contributed by atoms with van der Waals surface area (Å²) in [7, 11) is 0. The molecule has 124 valence electrons. The number of ether oxygens (including phenoxy) is 1. The molecule has 1 aliphatic heterocycles. The van der Waals surface area contributed by atoms with Gasteiger partial charge in [-0.1, -0.05) is 71.1 Å². The first kappa shape index (κ1) is 18.5. The first-order chi connectivity index (χ1) is 10.2. The molecular formula is C18H34O3. The number of carboxylic acids is 1. The van der Waals surface area contributed by atoms with E-state index in [2.05, 4.69) is 6.92 Å². The zero-order valence-electron chi connectivity index (χ0n) is 13.8. The number of carboxylic acid groups (broad SMARTS) is 1. The summed E-state index contributed by atoms with van der Waals surface area (Å²) in [5.74, 6) is -0.662. The first-order valence-corrected chi connectivity index (χ1v) is 9.11. The fourth-order valence-corrected chi connectivity index (χ4v) is 2.96. The maximum absolute atomic E-state index is 10.4. The van der Waals surface area contributed by atoms with Gasteiger partial charge in [-0.25, -0.2) is 0 Å². The second-order valence-corrected chi connectivity index (χ2v) is 6.47. The predicted molar refractivity (Wildman–Crippen MR) is 86.6 cm³/mol. The van der Waals surface area contributed by atoms with Crippen LogP contribution in [0.25, 0.3) is 0 Å². The highest BCUT2D eigenvalue weighted by Crippen LogP contribution is 2.31. The molecule has 1 heterocycles. The summed E-state index contributed by atoms with van der Waals surface area (Å²) < 4.78 is 5.71. The van der Waals surface area contributed by atoms with E-state index in [4.69, 9.17) is 9.84 Å². The van der Waals surface area contributed by atoms with Crippen molar-refractivity contribution in [2.24, 2.45) is 0 Å². The molecule has 0 aromatic heterocycles. The molecule has 21 heavy (non-hydrogen) atoms. The molecule has 0 aromatic rings. The number of hydrogen-bond donors (Lipinski definition) is 1. The van der Waals surface area contributed by atoms with Crippen LogP contribution in [0.15, 0.2) is 0 Å². The molecule has 3 nitrogen and oxygen atoms in total. The Morgan fingerprint density at radius 3 is 1.81 bits per heavy atom. The molecule has 2 atom stereocenters. The normalized spacial score (nSPS) is 20.6. The van der Waals surface area contributed by atoms with Crippen LogP contribution < -0.4 is 0 Å². The molecule has 1 rings (SSSR count). The van der Waals surface area contributed by atoms with Crippen LogP contribution >= 0.6 is 0 Å². The van der Waals surface area contributed by atoms with Gasteiger partial charge in [0.1, 0.15) is 0 Å². The standard InChI is InChI=1S/C18H34O3/c1-2-3-10-13-16-17(21-16)14-11-8-6-4-5-7-9-12-15-18(19)20/h16-17H,2-15H2,1H3,(H,19,20)/t16-,17-/m0/s1. The predicted octanol–water partition coefficient (Wildman–Crippen LogP) is 5.32. The van der Waals surface area contributed by atoms with Gasteiger partial charge in [-0.15, -0.1) is 0 Å². The molecule has 0 spiro atoms. The van der Waals surface area contributed by atoms with E-state index in [-0.39, 0.29) is 0 Å². The quantitative estimate of drug-likeness (QED) is 0.329. The van der Waals surface area contributed by atoms with Crippen LogP contribution in [0.2, 0.25) is 0 Å². The number of unbranched alkanes of at least 4 members (excludes halogenated alkanes) is 9. The van der Waals surface area contributed by atoms with Gasteiger partial charge in [0.05, 0.1) is 12.2 Å². The summed E-state index contributed by atoms with van der Waals surface area (Å²) in [5.41, 5.74) is 0. The Morgan fingerprint density at radius 1 is 0.810 bits per heavy atom. The van der Waals surface area contributed by atoms with Gasteiger partial charge in [0.2, 0.25) is 0 Å².